The zero-order chi connectivity index (χ0) is 22.7. The lowest BCUT2D eigenvalue weighted by molar-refractivity contribution is 0.0936. The Labute approximate surface area is 185 Å². The lowest BCUT2D eigenvalue weighted by atomic mass is 10.0. The fourth-order valence-electron chi connectivity index (χ4n) is 3.81. The summed E-state index contributed by atoms with van der Waals surface area (Å²) in [5, 5.41) is 7.22. The van der Waals surface area contributed by atoms with Gasteiger partial charge in [0.1, 0.15) is 5.82 Å². The van der Waals surface area contributed by atoms with Crippen LogP contribution in [-0.2, 0) is 6.42 Å². The van der Waals surface area contributed by atoms with Crippen LogP contribution in [0, 0.1) is 5.82 Å². The highest BCUT2D eigenvalue weighted by Crippen LogP contribution is 2.21. The Bertz CT molecular complexity index is 1130. The molecule has 1 aromatic carbocycles. The van der Waals surface area contributed by atoms with Gasteiger partial charge in [0.15, 0.2) is 0 Å². The molecule has 3 heterocycles. The molecule has 1 saturated heterocycles. The molecule has 0 saturated carbocycles. The summed E-state index contributed by atoms with van der Waals surface area (Å²) >= 11 is 0. The van der Waals surface area contributed by atoms with Crippen molar-refractivity contribution < 1.29 is 9.18 Å². The van der Waals surface area contributed by atoms with Crippen LogP contribution in [0.25, 0.3) is 0 Å². The maximum Gasteiger partial charge on any atom is 0.254 e. The Morgan fingerprint density at radius 1 is 1.22 bits per heavy atom. The number of nitrogens with one attached hydrogen (secondary N) is 2. The van der Waals surface area contributed by atoms with Crippen molar-refractivity contribution in [2.45, 2.75) is 45.2 Å². The third-order valence-corrected chi connectivity index (χ3v) is 5.57. The van der Waals surface area contributed by atoms with E-state index in [1.54, 1.807) is 23.0 Å². The zero-order valence-electron chi connectivity index (χ0n) is 18.2. The molecule has 1 atom stereocenters. The first-order chi connectivity index (χ1) is 15.4. The number of hydrogen-bond donors (Lipinski definition) is 2. The quantitative estimate of drug-likeness (QED) is 0.591. The molecule has 2 aromatic heterocycles. The highest BCUT2D eigenvalue weighted by atomic mass is 19.1. The first-order valence-corrected chi connectivity index (χ1v) is 10.8. The third kappa shape index (κ3) is 5.04. The van der Waals surface area contributed by atoms with Crippen LogP contribution in [0.4, 0.5) is 10.3 Å². The van der Waals surface area contributed by atoms with Crippen LogP contribution in [0.15, 0.2) is 47.5 Å². The number of amides is 1. The van der Waals surface area contributed by atoms with Gasteiger partial charge in [-0.05, 0) is 44.4 Å². The van der Waals surface area contributed by atoms with Crippen LogP contribution in [0.5, 0.6) is 0 Å². The molecule has 1 fully saturated rings. The minimum absolute atomic E-state index is 0.133. The van der Waals surface area contributed by atoms with E-state index >= 15 is 0 Å². The lowest BCUT2D eigenvalue weighted by Crippen LogP contribution is -2.31. The molecule has 1 aliphatic heterocycles. The molecule has 0 unspecified atom stereocenters. The summed E-state index contributed by atoms with van der Waals surface area (Å²) < 4.78 is 15.2. The zero-order valence-corrected chi connectivity index (χ0v) is 18.2. The van der Waals surface area contributed by atoms with Crippen LogP contribution >= 0.6 is 0 Å². The molecule has 168 valence electrons. The number of H-pyrrole nitrogens is 1. The van der Waals surface area contributed by atoms with Crippen LogP contribution in [0.2, 0.25) is 0 Å². The molecule has 8 nitrogen and oxygen atoms in total. The monoisotopic (exact) mass is 438 g/mol. The molecule has 0 aliphatic carbocycles. The van der Waals surface area contributed by atoms with Gasteiger partial charge in [0.2, 0.25) is 5.95 Å². The molecule has 1 aliphatic rings. The lowest BCUT2D eigenvalue weighted by Gasteiger charge is -2.20. The number of rotatable bonds is 7. The van der Waals surface area contributed by atoms with Crippen LogP contribution in [0.1, 0.15) is 60.4 Å². The number of halogens is 1. The fraction of sp³-hybridized carbons (Fsp3) is 0.391. The predicted octanol–water partition coefficient (Wildman–Crippen LogP) is 3.00. The summed E-state index contributed by atoms with van der Waals surface area (Å²) in [7, 11) is 0. The van der Waals surface area contributed by atoms with Crippen molar-refractivity contribution in [3.05, 3.63) is 75.7 Å². The molecule has 4 rings (SSSR count). The van der Waals surface area contributed by atoms with E-state index in [0.29, 0.717) is 23.6 Å². The number of carbonyl (C=O) groups excluding carboxylic acids is 1. The molecule has 2 N–H and O–H groups in total. The third-order valence-electron chi connectivity index (χ3n) is 5.57. The van der Waals surface area contributed by atoms with Crippen LogP contribution < -0.4 is 15.8 Å². The minimum Gasteiger partial charge on any atom is -0.345 e. The summed E-state index contributed by atoms with van der Waals surface area (Å²) in [5.74, 6) is -0.106. The first-order valence-electron chi connectivity index (χ1n) is 10.8. The van der Waals surface area contributed by atoms with Crippen molar-refractivity contribution in [3.63, 3.8) is 0 Å². The van der Waals surface area contributed by atoms with E-state index < -0.39 is 6.04 Å². The molecular formula is C23H27FN6O2. The van der Waals surface area contributed by atoms with Gasteiger partial charge in [-0.2, -0.15) is 5.10 Å². The summed E-state index contributed by atoms with van der Waals surface area (Å²) in [6.45, 7) is 5.66. The van der Waals surface area contributed by atoms with Gasteiger partial charge in [-0.25, -0.2) is 9.37 Å². The second kappa shape index (κ2) is 9.33. The van der Waals surface area contributed by atoms with Crippen molar-refractivity contribution in [2.24, 2.45) is 0 Å². The molecule has 1 amide bonds. The van der Waals surface area contributed by atoms with E-state index in [2.05, 4.69) is 25.3 Å². The van der Waals surface area contributed by atoms with Gasteiger partial charge in [0.05, 0.1) is 23.5 Å². The Kier molecular flexibility index (Phi) is 6.34. The number of aromatic nitrogens is 4. The molecule has 0 spiro atoms. The topological polar surface area (TPSA) is 95.9 Å². The van der Waals surface area contributed by atoms with E-state index in [0.717, 1.165) is 31.5 Å². The summed E-state index contributed by atoms with van der Waals surface area (Å²) in [5.41, 5.74) is 1.48. The van der Waals surface area contributed by atoms with E-state index in [9.17, 15) is 14.0 Å². The molecular weight excluding hydrogens is 411 g/mol. The average molecular weight is 439 g/mol. The van der Waals surface area contributed by atoms with E-state index in [-0.39, 0.29) is 23.3 Å². The fourth-order valence-corrected chi connectivity index (χ4v) is 3.81. The number of nitrogens with zero attached hydrogens (tertiary/aromatic N) is 4. The second-order valence-electron chi connectivity index (χ2n) is 8.34. The van der Waals surface area contributed by atoms with Crippen molar-refractivity contribution in [3.8, 4) is 0 Å². The normalized spacial score (nSPS) is 14.7. The maximum absolute atomic E-state index is 13.5. The number of carbonyl (C=O) groups is 1. The SMILES string of the molecule is CC(C)n1cc(C(=O)N[C@@H](Cc2cc(=O)[nH]c(N3CCCC3)n2)c2ccc(F)cc2)cn1. The predicted molar refractivity (Wildman–Crippen MR) is 119 cm³/mol. The maximum atomic E-state index is 13.5. The minimum atomic E-state index is -0.494. The summed E-state index contributed by atoms with van der Waals surface area (Å²) in [4.78, 5) is 34.7. The van der Waals surface area contributed by atoms with Crippen molar-refractivity contribution in [1.82, 2.24) is 25.1 Å². The molecule has 3 aromatic rings. The van der Waals surface area contributed by atoms with Crippen molar-refractivity contribution in [1.29, 1.82) is 0 Å². The van der Waals surface area contributed by atoms with Gasteiger partial charge >= 0.3 is 0 Å². The highest BCUT2D eigenvalue weighted by Gasteiger charge is 2.21. The molecule has 0 radical (unpaired) electrons. The van der Waals surface area contributed by atoms with E-state index in [4.69, 9.17) is 0 Å². The largest absolute Gasteiger partial charge is 0.345 e. The number of benzene rings is 1. The van der Waals surface area contributed by atoms with Gasteiger partial charge in [-0.3, -0.25) is 19.3 Å². The Balaban J connectivity index is 1.60. The van der Waals surface area contributed by atoms with Gasteiger partial charge < -0.3 is 10.2 Å². The summed E-state index contributed by atoms with van der Waals surface area (Å²) in [6.07, 6.45) is 5.63. The molecule has 0 bridgehead atoms. The van der Waals surface area contributed by atoms with Gasteiger partial charge in [-0.1, -0.05) is 12.1 Å². The Hall–Kier alpha value is -3.49. The molecule has 32 heavy (non-hydrogen) atoms. The second-order valence-corrected chi connectivity index (χ2v) is 8.34. The number of anilines is 1. The number of hydrogen-bond acceptors (Lipinski definition) is 5. The Morgan fingerprint density at radius 3 is 2.59 bits per heavy atom. The highest BCUT2D eigenvalue weighted by molar-refractivity contribution is 5.94. The molecule has 9 heteroatoms. The van der Waals surface area contributed by atoms with Crippen molar-refractivity contribution in [2.75, 3.05) is 18.0 Å². The van der Waals surface area contributed by atoms with Crippen LogP contribution in [0.3, 0.4) is 0 Å². The van der Waals surface area contributed by atoms with Gasteiger partial charge in [0, 0.05) is 37.8 Å². The Morgan fingerprint density at radius 2 is 1.94 bits per heavy atom. The van der Waals surface area contributed by atoms with Gasteiger partial charge in [-0.15, -0.1) is 0 Å². The van der Waals surface area contributed by atoms with E-state index in [1.807, 2.05) is 13.8 Å². The average Bonchev–Trinajstić information content (AvgIpc) is 3.46. The standard InChI is InChI=1S/C23H27FN6O2/c1-15(2)30-14-17(13-25-30)22(32)27-20(16-5-7-18(24)8-6-16)11-19-12-21(31)28-23(26-19)29-9-3-4-10-29/h5-8,12-15,20H,3-4,9-11H2,1-2H3,(H,27,32)(H,26,28,31)/t20-/m0/s1. The smallest absolute Gasteiger partial charge is 0.254 e. The number of aromatic amines is 1. The van der Waals surface area contributed by atoms with Crippen molar-refractivity contribution >= 4 is 11.9 Å². The first kappa shape index (κ1) is 21.7. The van der Waals surface area contributed by atoms with Crippen LogP contribution in [-0.4, -0.2) is 38.7 Å². The van der Waals surface area contributed by atoms with E-state index in [1.165, 1.54) is 24.4 Å². The van der Waals surface area contributed by atoms with Gasteiger partial charge in [0.25, 0.3) is 11.5 Å². The summed E-state index contributed by atoms with van der Waals surface area (Å²) in [6, 6.07) is 7.05.